The molecule has 1 aliphatic rings. The van der Waals surface area contributed by atoms with Crippen molar-refractivity contribution in [1.82, 2.24) is 5.32 Å². The van der Waals surface area contributed by atoms with Crippen LogP contribution in [0.15, 0.2) is 29.1 Å². The second kappa shape index (κ2) is 15.6. The van der Waals surface area contributed by atoms with Gasteiger partial charge in [0.15, 0.2) is 11.5 Å². The van der Waals surface area contributed by atoms with Crippen LogP contribution in [0.4, 0.5) is 5.69 Å². The van der Waals surface area contributed by atoms with E-state index in [2.05, 4.69) is 23.6 Å². The molecule has 0 saturated heterocycles. The van der Waals surface area contributed by atoms with Gasteiger partial charge in [-0.25, -0.2) is 0 Å². The van der Waals surface area contributed by atoms with E-state index in [0.29, 0.717) is 22.9 Å². The SMILES string of the molecule is CCCCCCCCCCCCNc1ccc2c(cc1=O)[C@@H](NC)CCc1cc(OC)c(OC)c(OC)c1-2. The quantitative estimate of drug-likeness (QED) is 0.225. The van der Waals surface area contributed by atoms with Crippen molar-refractivity contribution in [1.29, 1.82) is 0 Å². The van der Waals surface area contributed by atoms with E-state index >= 15 is 0 Å². The second-order valence-electron chi connectivity index (χ2n) is 10.3. The van der Waals surface area contributed by atoms with Crippen LogP contribution in [0.1, 0.15) is 94.7 Å². The summed E-state index contributed by atoms with van der Waals surface area (Å²) in [5, 5.41) is 6.83. The van der Waals surface area contributed by atoms with Gasteiger partial charge in [-0.1, -0.05) is 70.8 Å². The number of methoxy groups -OCH3 is 3. The molecule has 0 saturated carbocycles. The summed E-state index contributed by atoms with van der Waals surface area (Å²) >= 11 is 0. The molecule has 0 spiro atoms. The molecule has 210 valence electrons. The normalized spacial score (nSPS) is 14.3. The zero-order valence-corrected chi connectivity index (χ0v) is 24.2. The minimum absolute atomic E-state index is 0.0153. The number of rotatable bonds is 16. The smallest absolute Gasteiger partial charge is 0.203 e. The van der Waals surface area contributed by atoms with Crippen LogP contribution in [-0.4, -0.2) is 34.9 Å². The number of hydrogen-bond acceptors (Lipinski definition) is 6. The van der Waals surface area contributed by atoms with Crippen LogP contribution in [-0.2, 0) is 6.42 Å². The number of nitrogens with one attached hydrogen (secondary N) is 2. The van der Waals surface area contributed by atoms with E-state index in [4.69, 9.17) is 14.2 Å². The van der Waals surface area contributed by atoms with Crippen LogP contribution in [0.25, 0.3) is 11.1 Å². The molecule has 6 nitrogen and oxygen atoms in total. The summed E-state index contributed by atoms with van der Waals surface area (Å²) in [5.74, 6) is 1.85. The molecule has 0 fully saturated rings. The maximum Gasteiger partial charge on any atom is 0.203 e. The first-order valence-corrected chi connectivity index (χ1v) is 14.5. The Bertz CT molecular complexity index is 1090. The summed E-state index contributed by atoms with van der Waals surface area (Å²) in [6.07, 6.45) is 14.7. The van der Waals surface area contributed by atoms with E-state index in [1.54, 1.807) is 27.4 Å². The average molecular weight is 525 g/mol. The van der Waals surface area contributed by atoms with Crippen LogP contribution in [0.5, 0.6) is 17.2 Å². The van der Waals surface area contributed by atoms with Crippen LogP contribution in [0.3, 0.4) is 0 Å². The number of aryl methyl sites for hydroxylation is 1. The van der Waals surface area contributed by atoms with E-state index in [1.807, 2.05) is 19.2 Å². The van der Waals surface area contributed by atoms with Crippen molar-refractivity contribution in [3.8, 4) is 28.4 Å². The molecule has 0 bridgehead atoms. The van der Waals surface area contributed by atoms with Gasteiger partial charge in [0.2, 0.25) is 11.2 Å². The Morgan fingerprint density at radius 3 is 2.11 bits per heavy atom. The Balaban J connectivity index is 1.76. The van der Waals surface area contributed by atoms with Gasteiger partial charge >= 0.3 is 0 Å². The van der Waals surface area contributed by atoms with Crippen LogP contribution in [0, 0.1) is 0 Å². The van der Waals surface area contributed by atoms with Crippen molar-refractivity contribution >= 4 is 5.69 Å². The Labute approximate surface area is 229 Å². The lowest BCUT2D eigenvalue weighted by Gasteiger charge is -2.19. The molecule has 0 aliphatic heterocycles. The van der Waals surface area contributed by atoms with E-state index < -0.39 is 0 Å². The van der Waals surface area contributed by atoms with Gasteiger partial charge in [-0.15, -0.1) is 0 Å². The number of hydrogen-bond donors (Lipinski definition) is 2. The van der Waals surface area contributed by atoms with Gasteiger partial charge < -0.3 is 24.8 Å². The predicted molar refractivity (Wildman–Crippen MR) is 158 cm³/mol. The third-order valence-corrected chi connectivity index (χ3v) is 7.73. The van der Waals surface area contributed by atoms with Gasteiger partial charge in [0.25, 0.3) is 0 Å². The van der Waals surface area contributed by atoms with Crippen LogP contribution >= 0.6 is 0 Å². The Morgan fingerprint density at radius 2 is 1.50 bits per heavy atom. The zero-order chi connectivity index (χ0) is 27.3. The van der Waals surface area contributed by atoms with E-state index in [0.717, 1.165) is 48.1 Å². The molecule has 2 aromatic rings. The van der Waals surface area contributed by atoms with Crippen molar-refractivity contribution in [3.63, 3.8) is 0 Å². The van der Waals surface area contributed by atoms with Gasteiger partial charge in [0.1, 0.15) is 0 Å². The van der Waals surface area contributed by atoms with E-state index in [-0.39, 0.29) is 11.5 Å². The minimum atomic E-state index is 0.0153. The monoisotopic (exact) mass is 524 g/mol. The highest BCUT2D eigenvalue weighted by molar-refractivity contribution is 5.83. The van der Waals surface area contributed by atoms with Crippen molar-refractivity contribution in [2.24, 2.45) is 0 Å². The number of benzene rings is 1. The molecule has 2 aromatic carbocycles. The molecule has 1 atom stereocenters. The molecule has 1 aliphatic carbocycles. The molecular weight excluding hydrogens is 476 g/mol. The lowest BCUT2D eigenvalue weighted by molar-refractivity contribution is 0.324. The topological polar surface area (TPSA) is 68.8 Å². The highest BCUT2D eigenvalue weighted by Gasteiger charge is 2.28. The van der Waals surface area contributed by atoms with Crippen LogP contribution < -0.4 is 30.3 Å². The second-order valence-corrected chi connectivity index (χ2v) is 10.3. The van der Waals surface area contributed by atoms with Gasteiger partial charge in [0.05, 0.1) is 27.0 Å². The number of unbranched alkanes of at least 4 members (excludes halogenated alkanes) is 9. The van der Waals surface area contributed by atoms with Crippen molar-refractivity contribution in [2.45, 2.75) is 90.0 Å². The molecule has 38 heavy (non-hydrogen) atoms. The first-order valence-electron chi connectivity index (χ1n) is 14.5. The third kappa shape index (κ3) is 7.43. The fraction of sp³-hybridized carbons (Fsp3) is 0.594. The van der Waals surface area contributed by atoms with Crippen molar-refractivity contribution < 1.29 is 14.2 Å². The number of ether oxygens (including phenoxy) is 3. The number of anilines is 1. The van der Waals surface area contributed by atoms with Crippen molar-refractivity contribution in [3.05, 3.63) is 45.6 Å². The molecule has 0 radical (unpaired) electrons. The fourth-order valence-corrected chi connectivity index (χ4v) is 5.59. The van der Waals surface area contributed by atoms with Crippen LogP contribution in [0.2, 0.25) is 0 Å². The summed E-state index contributed by atoms with van der Waals surface area (Å²) in [4.78, 5) is 13.3. The first-order chi connectivity index (χ1) is 18.6. The molecule has 0 heterocycles. The number of fused-ring (bicyclic) bond motifs is 3. The third-order valence-electron chi connectivity index (χ3n) is 7.73. The first kappa shape index (κ1) is 29.8. The maximum atomic E-state index is 13.3. The van der Waals surface area contributed by atoms with Gasteiger partial charge in [-0.2, -0.15) is 0 Å². The zero-order valence-electron chi connectivity index (χ0n) is 24.2. The standard InChI is InChI=1S/C32H48N2O4/c1-6-7-8-9-10-11-12-13-14-15-20-34-27-19-17-24-25(22-28(27)35)26(33-2)18-16-23-21-29(36-3)31(37-4)32(38-5)30(23)24/h17,19,21-22,26,33H,6-16,18,20H2,1-5H3,(H,34,35)/t26-/m0/s1. The molecule has 0 amide bonds. The maximum absolute atomic E-state index is 13.3. The van der Waals surface area contributed by atoms with Crippen molar-refractivity contribution in [2.75, 3.05) is 40.2 Å². The lowest BCUT2D eigenvalue weighted by atomic mass is 9.95. The molecule has 6 heteroatoms. The summed E-state index contributed by atoms with van der Waals surface area (Å²) in [6.45, 7) is 3.07. The largest absolute Gasteiger partial charge is 0.493 e. The molecular formula is C32H48N2O4. The highest BCUT2D eigenvalue weighted by Crippen LogP contribution is 2.50. The summed E-state index contributed by atoms with van der Waals surface area (Å²) < 4.78 is 17.2. The van der Waals surface area contributed by atoms with Gasteiger partial charge in [-0.3, -0.25) is 4.79 Å². The molecule has 0 aromatic heterocycles. The Kier molecular flexibility index (Phi) is 12.3. The highest BCUT2D eigenvalue weighted by atomic mass is 16.5. The summed E-state index contributed by atoms with van der Waals surface area (Å²) in [6, 6.07) is 7.86. The van der Waals surface area contributed by atoms with E-state index in [1.165, 1.54) is 57.8 Å². The summed E-state index contributed by atoms with van der Waals surface area (Å²) in [7, 11) is 6.86. The van der Waals surface area contributed by atoms with E-state index in [9.17, 15) is 4.79 Å². The average Bonchev–Trinajstić information content (AvgIpc) is 3.18. The van der Waals surface area contributed by atoms with Gasteiger partial charge in [0, 0.05) is 18.2 Å². The Hall–Kier alpha value is -2.73. The fourth-order valence-electron chi connectivity index (χ4n) is 5.59. The lowest BCUT2D eigenvalue weighted by Crippen LogP contribution is -2.18. The predicted octanol–water partition coefficient (Wildman–Crippen LogP) is 7.28. The Morgan fingerprint density at radius 1 is 0.842 bits per heavy atom. The molecule has 0 unspecified atom stereocenters. The molecule has 3 rings (SSSR count). The molecule has 2 N–H and O–H groups in total. The minimum Gasteiger partial charge on any atom is -0.493 e. The van der Waals surface area contributed by atoms with Gasteiger partial charge in [-0.05, 0) is 61.2 Å². The summed E-state index contributed by atoms with van der Waals surface area (Å²) in [5.41, 5.74) is 4.71.